The molecule has 7 heteroatoms. The van der Waals surface area contributed by atoms with Gasteiger partial charge in [-0.1, -0.05) is 83.4 Å². The van der Waals surface area contributed by atoms with Crippen molar-refractivity contribution in [2.75, 3.05) is 18.6 Å². The van der Waals surface area contributed by atoms with Crippen molar-refractivity contribution in [2.45, 2.75) is 0 Å². The molecule has 0 heterocycles. The van der Waals surface area contributed by atoms with Crippen LogP contribution in [0.1, 0.15) is 11.1 Å². The van der Waals surface area contributed by atoms with Gasteiger partial charge >= 0.3 is 0 Å². The molecular weight excluding hydrogens is 380 g/mol. The summed E-state index contributed by atoms with van der Waals surface area (Å²) in [6, 6.07) is 18.4. The Morgan fingerprint density at radius 3 is 2.07 bits per heavy atom. The van der Waals surface area contributed by atoms with Crippen molar-refractivity contribution >= 4 is 34.2 Å². The Kier molecular flexibility index (Phi) is 7.79. The normalized spacial score (nSPS) is 14.0. The van der Waals surface area contributed by atoms with E-state index in [2.05, 4.69) is 5.32 Å². The maximum Gasteiger partial charge on any atom is 0.122 e. The van der Waals surface area contributed by atoms with Crippen LogP contribution >= 0.6 is 11.6 Å². The summed E-state index contributed by atoms with van der Waals surface area (Å²) in [6.45, 7) is 0.399. The number of benzene rings is 2. The summed E-state index contributed by atoms with van der Waals surface area (Å²) in [6.07, 6.45) is 1.62. The number of nitrogens with one attached hydrogen (secondary N) is 2. The lowest BCUT2D eigenvalue weighted by atomic mass is 9.99. The molecule has 0 amide bonds. The number of rotatable bonds is 8. The van der Waals surface area contributed by atoms with Gasteiger partial charge in [0.2, 0.25) is 0 Å². The summed E-state index contributed by atoms with van der Waals surface area (Å²) in [7, 11) is 0. The summed E-state index contributed by atoms with van der Waals surface area (Å²) < 4.78 is 11.3. The van der Waals surface area contributed by atoms with Crippen LogP contribution in [-0.4, -0.2) is 28.8 Å². The van der Waals surface area contributed by atoms with Gasteiger partial charge in [-0.25, -0.2) is 0 Å². The summed E-state index contributed by atoms with van der Waals surface area (Å²) in [4.78, 5) is 0. The van der Waals surface area contributed by atoms with Crippen LogP contribution in [0, 0.1) is 5.41 Å². The standard InChI is InChI=1S/C20H23ClN4OS/c1-27(26)13-12-25-20(24)16(18(22)14-8-4-2-5-9-14)17(21)19(23)15-10-6-3-7-11-15/h2-11,22,25H,12-13,23-24H2,1H3/b19-17+,20-16-,22-18?. The van der Waals surface area contributed by atoms with Gasteiger partial charge in [-0.3, -0.25) is 5.41 Å². The van der Waals surface area contributed by atoms with E-state index in [1.54, 1.807) is 18.4 Å². The van der Waals surface area contributed by atoms with Crippen molar-refractivity contribution < 1.29 is 4.55 Å². The highest BCUT2D eigenvalue weighted by Gasteiger charge is 2.19. The molecule has 2 aromatic rings. The Labute approximate surface area is 167 Å². The van der Waals surface area contributed by atoms with E-state index in [9.17, 15) is 4.55 Å². The molecule has 2 rings (SSSR count). The number of halogens is 1. The molecule has 0 aromatic heterocycles. The highest BCUT2D eigenvalue weighted by molar-refractivity contribution is 7.90. The summed E-state index contributed by atoms with van der Waals surface area (Å²) in [5, 5.41) is 11.8. The SMILES string of the molecule is C[S+]([O-])CCN/C(N)=C(C(=N)c1ccccc1)/C(Cl)=C(\N)c1ccccc1. The minimum Gasteiger partial charge on any atom is -0.617 e. The van der Waals surface area contributed by atoms with E-state index >= 15 is 0 Å². The van der Waals surface area contributed by atoms with Gasteiger partial charge < -0.3 is 21.3 Å². The average Bonchev–Trinajstić information content (AvgIpc) is 2.68. The van der Waals surface area contributed by atoms with E-state index in [0.717, 1.165) is 5.56 Å². The zero-order valence-electron chi connectivity index (χ0n) is 15.0. The second-order valence-corrected chi connectivity index (χ2v) is 7.76. The first kappa shape index (κ1) is 20.9. The minimum absolute atomic E-state index is 0.155. The maximum atomic E-state index is 11.3. The molecule has 5 nitrogen and oxygen atoms in total. The van der Waals surface area contributed by atoms with Crippen LogP contribution in [0.15, 0.2) is 77.1 Å². The first-order chi connectivity index (χ1) is 12.9. The zero-order valence-corrected chi connectivity index (χ0v) is 16.6. The highest BCUT2D eigenvalue weighted by atomic mass is 35.5. The van der Waals surface area contributed by atoms with Gasteiger partial charge in [0, 0.05) is 5.56 Å². The predicted molar refractivity (Wildman–Crippen MR) is 115 cm³/mol. The molecule has 27 heavy (non-hydrogen) atoms. The smallest absolute Gasteiger partial charge is 0.122 e. The Bertz CT molecular complexity index is 836. The van der Waals surface area contributed by atoms with E-state index in [-0.39, 0.29) is 16.6 Å². The fourth-order valence-corrected chi connectivity index (χ4v) is 3.10. The summed E-state index contributed by atoms with van der Waals surface area (Å²) >= 11 is 5.63. The quantitative estimate of drug-likeness (QED) is 0.309. The minimum atomic E-state index is -0.955. The molecule has 0 radical (unpaired) electrons. The monoisotopic (exact) mass is 402 g/mol. The lowest BCUT2D eigenvalue weighted by molar-refractivity contribution is 0.598. The van der Waals surface area contributed by atoms with Crippen molar-refractivity contribution in [3.63, 3.8) is 0 Å². The number of hydrogen-bond acceptors (Lipinski definition) is 5. The van der Waals surface area contributed by atoms with Crippen molar-refractivity contribution in [3.8, 4) is 0 Å². The molecule has 0 saturated carbocycles. The third kappa shape index (κ3) is 5.79. The Balaban J connectivity index is 2.47. The van der Waals surface area contributed by atoms with Crippen molar-refractivity contribution in [3.05, 3.63) is 88.2 Å². The van der Waals surface area contributed by atoms with Crippen LogP contribution in [0.25, 0.3) is 5.70 Å². The predicted octanol–water partition coefficient (Wildman–Crippen LogP) is 2.76. The van der Waals surface area contributed by atoms with E-state index in [1.807, 2.05) is 48.5 Å². The maximum absolute atomic E-state index is 11.3. The third-order valence-corrected chi connectivity index (χ3v) is 5.00. The molecule has 0 spiro atoms. The van der Waals surface area contributed by atoms with Crippen LogP contribution in [0.4, 0.5) is 0 Å². The van der Waals surface area contributed by atoms with Crippen molar-refractivity contribution in [1.82, 2.24) is 5.32 Å². The van der Waals surface area contributed by atoms with E-state index in [4.69, 9.17) is 28.5 Å². The van der Waals surface area contributed by atoms with Gasteiger partial charge in [-0.15, -0.1) is 0 Å². The van der Waals surface area contributed by atoms with Crippen LogP contribution in [0.3, 0.4) is 0 Å². The average molecular weight is 403 g/mol. The molecule has 0 aliphatic carbocycles. The zero-order chi connectivity index (χ0) is 19.8. The van der Waals surface area contributed by atoms with E-state index < -0.39 is 11.2 Å². The summed E-state index contributed by atoms with van der Waals surface area (Å²) in [5.41, 5.74) is 14.7. The van der Waals surface area contributed by atoms with Crippen molar-refractivity contribution in [2.24, 2.45) is 11.5 Å². The Morgan fingerprint density at radius 1 is 1.04 bits per heavy atom. The first-order valence-corrected chi connectivity index (χ1v) is 10.4. The van der Waals surface area contributed by atoms with Gasteiger partial charge in [0.05, 0.1) is 34.8 Å². The number of hydrogen-bond donors (Lipinski definition) is 4. The molecule has 0 aliphatic heterocycles. The second kappa shape index (κ2) is 10.1. The molecule has 0 saturated heterocycles. The molecular formula is C20H23ClN4OS. The van der Waals surface area contributed by atoms with Gasteiger partial charge in [0.25, 0.3) is 0 Å². The molecule has 0 aliphatic rings. The number of nitrogens with two attached hydrogens (primary N) is 2. The first-order valence-electron chi connectivity index (χ1n) is 8.30. The fraction of sp³-hybridized carbons (Fsp3) is 0.150. The topological polar surface area (TPSA) is 111 Å². The van der Waals surface area contributed by atoms with Crippen LogP contribution < -0.4 is 16.8 Å². The Hall–Kier alpha value is -2.41. The second-order valence-electron chi connectivity index (χ2n) is 5.83. The van der Waals surface area contributed by atoms with E-state index in [0.29, 0.717) is 29.1 Å². The largest absolute Gasteiger partial charge is 0.617 e. The molecule has 142 valence electrons. The third-order valence-electron chi connectivity index (χ3n) is 3.83. The fourth-order valence-electron chi connectivity index (χ4n) is 2.41. The van der Waals surface area contributed by atoms with Gasteiger partial charge in [0.15, 0.2) is 0 Å². The highest BCUT2D eigenvalue weighted by Crippen LogP contribution is 2.27. The van der Waals surface area contributed by atoms with Gasteiger partial charge in [-0.2, -0.15) is 0 Å². The summed E-state index contributed by atoms with van der Waals surface area (Å²) in [5.74, 6) is 0.653. The van der Waals surface area contributed by atoms with Crippen molar-refractivity contribution in [1.29, 1.82) is 5.41 Å². The van der Waals surface area contributed by atoms with Gasteiger partial charge in [0.1, 0.15) is 11.6 Å². The molecule has 2 aromatic carbocycles. The molecule has 0 bridgehead atoms. The van der Waals surface area contributed by atoms with Crippen LogP contribution in [0.2, 0.25) is 0 Å². The molecule has 1 unspecified atom stereocenters. The van der Waals surface area contributed by atoms with Gasteiger partial charge in [-0.05, 0) is 5.56 Å². The number of allylic oxidation sites excluding steroid dienone is 2. The molecule has 1 atom stereocenters. The van der Waals surface area contributed by atoms with Crippen LogP contribution in [0.5, 0.6) is 0 Å². The molecule has 6 N–H and O–H groups in total. The molecule has 0 fully saturated rings. The Morgan fingerprint density at radius 2 is 1.56 bits per heavy atom. The van der Waals surface area contributed by atoms with Crippen LogP contribution in [-0.2, 0) is 11.2 Å². The lowest BCUT2D eigenvalue weighted by Crippen LogP contribution is -2.29. The van der Waals surface area contributed by atoms with E-state index in [1.165, 1.54) is 0 Å². The lowest BCUT2D eigenvalue weighted by Gasteiger charge is -2.17.